The van der Waals surface area contributed by atoms with E-state index in [0.29, 0.717) is 26.0 Å². The van der Waals surface area contributed by atoms with Gasteiger partial charge in [0.15, 0.2) is 0 Å². The van der Waals surface area contributed by atoms with Crippen LogP contribution in [0.4, 0.5) is 0 Å². The summed E-state index contributed by atoms with van der Waals surface area (Å²) >= 11 is 0. The van der Waals surface area contributed by atoms with E-state index in [0.717, 1.165) is 0 Å². The van der Waals surface area contributed by atoms with Gasteiger partial charge in [-0.05, 0) is 39.4 Å². The monoisotopic (exact) mass is 257 g/mol. The number of hydrogen-bond acceptors (Lipinski definition) is 4. The van der Waals surface area contributed by atoms with Crippen LogP contribution in [-0.4, -0.2) is 43.9 Å². The van der Waals surface area contributed by atoms with Crippen molar-refractivity contribution >= 4 is 11.8 Å². The highest BCUT2D eigenvalue weighted by Gasteiger charge is 2.30. The molecule has 0 fully saturated rings. The Labute approximate surface area is 111 Å². The molecule has 106 valence electrons. The Bertz CT molecular complexity index is 279. The maximum Gasteiger partial charge on any atom is 0.316 e. The lowest BCUT2D eigenvalue weighted by Crippen LogP contribution is -2.31. The molecule has 0 radical (unpaired) electrons. The van der Waals surface area contributed by atoms with E-state index in [1.54, 1.807) is 6.92 Å². The van der Waals surface area contributed by atoms with Crippen LogP contribution in [0.3, 0.4) is 0 Å². The van der Waals surface area contributed by atoms with Crippen molar-refractivity contribution in [2.75, 3.05) is 27.2 Å². The third kappa shape index (κ3) is 7.43. The zero-order valence-electron chi connectivity index (χ0n) is 12.6. The van der Waals surface area contributed by atoms with Gasteiger partial charge in [0.25, 0.3) is 0 Å². The van der Waals surface area contributed by atoms with Gasteiger partial charge in [-0.15, -0.1) is 0 Å². The highest BCUT2D eigenvalue weighted by atomic mass is 16.5. The Morgan fingerprint density at radius 2 is 1.78 bits per heavy atom. The first-order valence-corrected chi connectivity index (χ1v) is 6.51. The Balaban J connectivity index is 4.64. The number of ether oxygens (including phenoxy) is 1. The molecule has 0 aromatic carbocycles. The standard InChI is InChI=1S/C14H27NO3/c1-7-18-13(17)11(8-9-15(5)6)12(16)10-14(2,3)4/h11H,7-10H2,1-6H3. The second kappa shape index (κ2) is 7.52. The molecule has 1 unspecified atom stereocenters. The Hall–Kier alpha value is -0.900. The van der Waals surface area contributed by atoms with Crippen molar-refractivity contribution in [2.24, 2.45) is 11.3 Å². The minimum Gasteiger partial charge on any atom is -0.465 e. The smallest absolute Gasteiger partial charge is 0.316 e. The second-order valence-corrected chi connectivity index (χ2v) is 6.10. The zero-order valence-corrected chi connectivity index (χ0v) is 12.6. The summed E-state index contributed by atoms with van der Waals surface area (Å²) in [6.45, 7) is 8.78. The molecule has 0 saturated carbocycles. The van der Waals surface area contributed by atoms with Gasteiger partial charge < -0.3 is 9.64 Å². The van der Waals surface area contributed by atoms with E-state index in [1.807, 2.05) is 39.8 Å². The number of Topliss-reactive ketones (excluding diaryl/α,β-unsaturated/α-hetero) is 1. The molecular weight excluding hydrogens is 230 g/mol. The van der Waals surface area contributed by atoms with E-state index >= 15 is 0 Å². The first kappa shape index (κ1) is 17.1. The molecule has 0 aromatic rings. The van der Waals surface area contributed by atoms with Gasteiger partial charge in [0.1, 0.15) is 11.7 Å². The number of carbonyl (C=O) groups excluding carboxylic acids is 2. The number of ketones is 1. The van der Waals surface area contributed by atoms with Gasteiger partial charge in [-0.3, -0.25) is 9.59 Å². The van der Waals surface area contributed by atoms with Crippen molar-refractivity contribution in [3.8, 4) is 0 Å². The van der Waals surface area contributed by atoms with E-state index in [4.69, 9.17) is 4.74 Å². The molecule has 0 heterocycles. The molecule has 4 heteroatoms. The van der Waals surface area contributed by atoms with E-state index < -0.39 is 5.92 Å². The summed E-state index contributed by atoms with van der Waals surface area (Å²) < 4.78 is 4.99. The Morgan fingerprint density at radius 1 is 1.22 bits per heavy atom. The molecule has 0 aliphatic rings. The normalized spacial score (nSPS) is 13.5. The van der Waals surface area contributed by atoms with Gasteiger partial charge in [0.05, 0.1) is 6.61 Å². The lowest BCUT2D eigenvalue weighted by atomic mass is 9.84. The van der Waals surface area contributed by atoms with Crippen molar-refractivity contribution in [1.29, 1.82) is 0 Å². The Morgan fingerprint density at radius 3 is 2.17 bits per heavy atom. The third-order valence-electron chi connectivity index (χ3n) is 2.53. The molecule has 0 N–H and O–H groups in total. The number of hydrogen-bond donors (Lipinski definition) is 0. The number of carbonyl (C=O) groups is 2. The van der Waals surface area contributed by atoms with Gasteiger partial charge in [0, 0.05) is 6.42 Å². The zero-order chi connectivity index (χ0) is 14.3. The van der Waals surface area contributed by atoms with Crippen LogP contribution in [0.1, 0.15) is 40.5 Å². The highest BCUT2D eigenvalue weighted by molar-refractivity contribution is 5.99. The second-order valence-electron chi connectivity index (χ2n) is 6.10. The molecule has 0 saturated heterocycles. The number of nitrogens with zero attached hydrogens (tertiary/aromatic N) is 1. The van der Waals surface area contributed by atoms with E-state index in [2.05, 4.69) is 0 Å². The minimum absolute atomic E-state index is 0.0113. The van der Waals surface area contributed by atoms with Crippen LogP contribution >= 0.6 is 0 Å². The van der Waals surface area contributed by atoms with Crippen molar-refractivity contribution in [2.45, 2.75) is 40.5 Å². The van der Waals surface area contributed by atoms with Crippen molar-refractivity contribution in [3.05, 3.63) is 0 Å². The Kier molecular flexibility index (Phi) is 7.14. The van der Waals surface area contributed by atoms with E-state index in [-0.39, 0.29) is 17.2 Å². The molecular formula is C14H27NO3. The first-order valence-electron chi connectivity index (χ1n) is 6.51. The van der Waals surface area contributed by atoms with Crippen LogP contribution in [0.5, 0.6) is 0 Å². The molecule has 0 bridgehead atoms. The minimum atomic E-state index is -0.619. The van der Waals surface area contributed by atoms with Gasteiger partial charge in [-0.2, -0.15) is 0 Å². The van der Waals surface area contributed by atoms with Gasteiger partial charge >= 0.3 is 5.97 Å². The fraction of sp³-hybridized carbons (Fsp3) is 0.857. The van der Waals surface area contributed by atoms with Crippen molar-refractivity contribution in [1.82, 2.24) is 4.90 Å². The third-order valence-corrected chi connectivity index (χ3v) is 2.53. The van der Waals surface area contributed by atoms with E-state index in [9.17, 15) is 9.59 Å². The summed E-state index contributed by atoms with van der Waals surface area (Å²) in [7, 11) is 3.85. The van der Waals surface area contributed by atoms with Gasteiger partial charge in [-0.25, -0.2) is 0 Å². The maximum atomic E-state index is 12.2. The summed E-state index contributed by atoms with van der Waals surface area (Å²) in [6.07, 6.45) is 0.935. The SMILES string of the molecule is CCOC(=O)C(CCN(C)C)C(=O)CC(C)(C)C. The van der Waals surface area contributed by atoms with Crippen molar-refractivity contribution < 1.29 is 14.3 Å². The topological polar surface area (TPSA) is 46.6 Å². The number of esters is 1. The summed E-state index contributed by atoms with van der Waals surface area (Å²) in [5, 5.41) is 0. The molecule has 18 heavy (non-hydrogen) atoms. The lowest BCUT2D eigenvalue weighted by Gasteiger charge is -2.22. The van der Waals surface area contributed by atoms with Crippen LogP contribution in [-0.2, 0) is 14.3 Å². The quantitative estimate of drug-likeness (QED) is 0.518. The van der Waals surface area contributed by atoms with Crippen LogP contribution < -0.4 is 0 Å². The average Bonchev–Trinajstić information content (AvgIpc) is 2.14. The maximum absolute atomic E-state index is 12.2. The number of rotatable bonds is 7. The largest absolute Gasteiger partial charge is 0.465 e. The summed E-state index contributed by atoms with van der Waals surface area (Å²) in [5.41, 5.74) is -0.0973. The fourth-order valence-corrected chi connectivity index (χ4v) is 1.69. The van der Waals surface area contributed by atoms with Gasteiger partial charge in [-0.1, -0.05) is 20.8 Å². The molecule has 0 aliphatic carbocycles. The molecule has 1 atom stereocenters. The fourth-order valence-electron chi connectivity index (χ4n) is 1.69. The highest BCUT2D eigenvalue weighted by Crippen LogP contribution is 2.23. The summed E-state index contributed by atoms with van der Waals surface area (Å²) in [5.74, 6) is -1.01. The predicted octanol–water partition coefficient (Wildman–Crippen LogP) is 2.12. The van der Waals surface area contributed by atoms with Crippen LogP contribution in [0, 0.1) is 11.3 Å². The van der Waals surface area contributed by atoms with Crippen LogP contribution in [0.15, 0.2) is 0 Å². The van der Waals surface area contributed by atoms with Gasteiger partial charge in [0.2, 0.25) is 0 Å². The molecule has 0 rings (SSSR count). The molecule has 0 amide bonds. The lowest BCUT2D eigenvalue weighted by molar-refractivity contribution is -0.152. The molecule has 4 nitrogen and oxygen atoms in total. The predicted molar refractivity (Wildman–Crippen MR) is 72.4 cm³/mol. The van der Waals surface area contributed by atoms with E-state index in [1.165, 1.54) is 0 Å². The average molecular weight is 257 g/mol. The summed E-state index contributed by atoms with van der Waals surface area (Å²) in [6, 6.07) is 0. The molecule has 0 aromatic heterocycles. The molecule has 0 spiro atoms. The van der Waals surface area contributed by atoms with Crippen LogP contribution in [0.25, 0.3) is 0 Å². The molecule has 0 aliphatic heterocycles. The van der Waals surface area contributed by atoms with Crippen LogP contribution in [0.2, 0.25) is 0 Å². The summed E-state index contributed by atoms with van der Waals surface area (Å²) in [4.78, 5) is 26.0. The van der Waals surface area contributed by atoms with Crippen molar-refractivity contribution in [3.63, 3.8) is 0 Å². The first-order chi connectivity index (χ1) is 8.17.